The van der Waals surface area contributed by atoms with Crippen molar-refractivity contribution in [3.63, 3.8) is 0 Å². The molecule has 1 aliphatic carbocycles. The summed E-state index contributed by atoms with van der Waals surface area (Å²) >= 11 is 6.79. The van der Waals surface area contributed by atoms with Crippen molar-refractivity contribution in [1.82, 2.24) is 9.88 Å². The van der Waals surface area contributed by atoms with Gasteiger partial charge in [0, 0.05) is 55.0 Å². The predicted octanol–water partition coefficient (Wildman–Crippen LogP) is 4.00. The largest absolute Gasteiger partial charge is 0.471 e. The Morgan fingerprint density at radius 2 is 1.95 bits per heavy atom. The Bertz CT molecular complexity index is 1360. The molecule has 1 aromatic carbocycles. The van der Waals surface area contributed by atoms with Crippen LogP contribution in [-0.2, 0) is 15.0 Å². The highest BCUT2D eigenvalue weighted by Crippen LogP contribution is 2.53. The molecule has 1 aromatic heterocycles. The Morgan fingerprint density at radius 1 is 1.24 bits per heavy atom. The third-order valence-electron chi connectivity index (χ3n) is 6.53. The summed E-state index contributed by atoms with van der Waals surface area (Å²) in [4.78, 5) is 41.0. The minimum absolute atomic E-state index is 0.120. The molecule has 4 N–H and O–H groups in total. The molecule has 37 heavy (non-hydrogen) atoms. The first kappa shape index (κ1) is 26.4. The lowest BCUT2D eigenvalue weighted by Crippen LogP contribution is -2.32. The number of alkyl halides is 3. The second-order valence-electron chi connectivity index (χ2n) is 9.23. The number of carbonyl (C=O) groups is 3. The predicted molar refractivity (Wildman–Crippen MR) is 129 cm³/mol. The van der Waals surface area contributed by atoms with Crippen molar-refractivity contribution in [3.05, 3.63) is 51.9 Å². The van der Waals surface area contributed by atoms with E-state index in [-0.39, 0.29) is 16.1 Å². The lowest BCUT2D eigenvalue weighted by molar-refractivity contribution is -0.167. The van der Waals surface area contributed by atoms with Crippen LogP contribution in [0.4, 0.5) is 29.1 Å². The molecule has 1 unspecified atom stereocenters. The average Bonchev–Trinajstić information content (AvgIpc) is 3.37. The molecule has 2 aliphatic rings. The van der Waals surface area contributed by atoms with E-state index in [4.69, 9.17) is 17.3 Å². The number of halogens is 5. The summed E-state index contributed by atoms with van der Waals surface area (Å²) in [6.07, 6.45) is -0.842. The first-order chi connectivity index (χ1) is 17.2. The van der Waals surface area contributed by atoms with Crippen molar-refractivity contribution in [3.8, 4) is 11.1 Å². The fraction of sp³-hybridized carbons (Fsp3) is 0.333. The smallest absolute Gasteiger partial charge is 0.369 e. The summed E-state index contributed by atoms with van der Waals surface area (Å²) in [5.74, 6) is -4.54. The number of benzene rings is 1. The van der Waals surface area contributed by atoms with Crippen LogP contribution in [-0.4, -0.2) is 54.4 Å². The highest BCUT2D eigenvalue weighted by molar-refractivity contribution is 6.34. The van der Waals surface area contributed by atoms with Gasteiger partial charge in [-0.3, -0.25) is 14.4 Å². The standard InChI is InChI=1S/C24H22ClF4N5O3/c1-34(2)21(36)16-14(33-22(37)24(27,28)29)4-3-12(19(16)26)13-9-31-20-17(18(13)25)23(10-32-20)6-5-11(8-23)7-15(30)35/h3-4,7,9H,5-6,8,10H2,1-2H3,(H2,30,35)(H,31,32)(H,33,37). The van der Waals surface area contributed by atoms with Gasteiger partial charge in [-0.15, -0.1) is 0 Å². The number of nitrogens with two attached hydrogens (primary N) is 1. The van der Waals surface area contributed by atoms with E-state index in [0.717, 1.165) is 22.6 Å². The number of fused-ring (bicyclic) bond motifs is 2. The lowest BCUT2D eigenvalue weighted by atomic mass is 9.80. The Balaban J connectivity index is 1.83. The van der Waals surface area contributed by atoms with Gasteiger partial charge < -0.3 is 21.3 Å². The zero-order chi connectivity index (χ0) is 27.3. The van der Waals surface area contributed by atoms with E-state index >= 15 is 4.39 Å². The maximum absolute atomic E-state index is 15.8. The van der Waals surface area contributed by atoms with Crippen LogP contribution in [0.1, 0.15) is 35.2 Å². The number of carbonyl (C=O) groups excluding carboxylic acids is 3. The molecule has 1 aliphatic heterocycles. The molecule has 8 nitrogen and oxygen atoms in total. The van der Waals surface area contributed by atoms with Gasteiger partial charge in [0.25, 0.3) is 5.91 Å². The van der Waals surface area contributed by atoms with E-state index in [1.54, 1.807) is 5.32 Å². The van der Waals surface area contributed by atoms with Crippen LogP contribution in [0.2, 0.25) is 5.02 Å². The number of nitrogens with zero attached hydrogens (tertiary/aromatic N) is 2. The summed E-state index contributed by atoms with van der Waals surface area (Å²) in [6, 6.07) is 2.14. The van der Waals surface area contributed by atoms with Gasteiger partial charge in [-0.25, -0.2) is 9.37 Å². The number of anilines is 2. The number of aromatic nitrogens is 1. The van der Waals surface area contributed by atoms with Gasteiger partial charge in [0.05, 0.1) is 16.3 Å². The Kier molecular flexibility index (Phi) is 6.65. The second kappa shape index (κ2) is 9.33. The highest BCUT2D eigenvalue weighted by Gasteiger charge is 2.46. The number of hydrogen-bond donors (Lipinski definition) is 3. The third-order valence-corrected chi connectivity index (χ3v) is 6.93. The monoisotopic (exact) mass is 539 g/mol. The molecular formula is C24H22ClF4N5O3. The fourth-order valence-electron chi connectivity index (χ4n) is 4.85. The number of allylic oxidation sites excluding steroid dienone is 1. The molecule has 4 rings (SSSR count). The van der Waals surface area contributed by atoms with Gasteiger partial charge in [0.1, 0.15) is 11.6 Å². The van der Waals surface area contributed by atoms with Crippen LogP contribution in [0.3, 0.4) is 0 Å². The molecular weight excluding hydrogens is 518 g/mol. The van der Waals surface area contributed by atoms with E-state index in [1.165, 1.54) is 26.4 Å². The number of primary amides is 1. The Morgan fingerprint density at radius 3 is 2.57 bits per heavy atom. The molecule has 1 saturated carbocycles. The van der Waals surface area contributed by atoms with Crippen molar-refractivity contribution in [2.75, 3.05) is 31.3 Å². The summed E-state index contributed by atoms with van der Waals surface area (Å²) in [6.45, 7) is 0.476. The number of nitrogens with one attached hydrogen (secondary N) is 2. The van der Waals surface area contributed by atoms with Crippen molar-refractivity contribution in [2.45, 2.75) is 30.9 Å². The highest BCUT2D eigenvalue weighted by atomic mass is 35.5. The molecule has 196 valence electrons. The van der Waals surface area contributed by atoms with Gasteiger partial charge >= 0.3 is 12.1 Å². The van der Waals surface area contributed by atoms with Crippen LogP contribution in [0.25, 0.3) is 11.1 Å². The van der Waals surface area contributed by atoms with E-state index in [9.17, 15) is 27.6 Å². The third kappa shape index (κ3) is 4.73. The zero-order valence-electron chi connectivity index (χ0n) is 19.7. The van der Waals surface area contributed by atoms with Gasteiger partial charge in [-0.05, 0) is 31.4 Å². The van der Waals surface area contributed by atoms with Crippen LogP contribution in [0, 0.1) is 5.82 Å². The molecule has 1 spiro atoms. The number of rotatable bonds is 4. The van der Waals surface area contributed by atoms with Gasteiger partial charge in [-0.2, -0.15) is 13.2 Å². The Hall–Kier alpha value is -3.67. The SMILES string of the molecule is CN(C)C(=O)c1c(NC(=O)C(F)(F)F)ccc(-c2cnc3c(c2Cl)C2(CCC(=CC(N)=O)C2)CN3)c1F. The quantitative estimate of drug-likeness (QED) is 0.401. The van der Waals surface area contributed by atoms with E-state index in [2.05, 4.69) is 10.3 Å². The van der Waals surface area contributed by atoms with E-state index in [0.29, 0.717) is 37.2 Å². The summed E-state index contributed by atoms with van der Waals surface area (Å²) in [5, 5.41) is 4.91. The minimum atomic E-state index is -5.24. The summed E-state index contributed by atoms with van der Waals surface area (Å²) in [7, 11) is 2.58. The van der Waals surface area contributed by atoms with Crippen LogP contribution < -0.4 is 16.4 Å². The first-order valence-corrected chi connectivity index (χ1v) is 11.5. The molecule has 0 saturated heterocycles. The fourth-order valence-corrected chi connectivity index (χ4v) is 5.29. The Labute approximate surface area is 213 Å². The van der Waals surface area contributed by atoms with Crippen LogP contribution in [0.5, 0.6) is 0 Å². The molecule has 1 fully saturated rings. The van der Waals surface area contributed by atoms with Gasteiger partial charge in [0.15, 0.2) is 0 Å². The number of hydrogen-bond acceptors (Lipinski definition) is 5. The van der Waals surface area contributed by atoms with Gasteiger partial charge in [-0.1, -0.05) is 17.2 Å². The summed E-state index contributed by atoms with van der Waals surface area (Å²) in [5.41, 5.74) is 4.80. The van der Waals surface area contributed by atoms with Gasteiger partial charge in [0.2, 0.25) is 5.91 Å². The van der Waals surface area contributed by atoms with E-state index < -0.39 is 46.4 Å². The normalized spacial score (nSPS) is 19.6. The minimum Gasteiger partial charge on any atom is -0.369 e. The maximum atomic E-state index is 15.8. The molecule has 2 heterocycles. The molecule has 13 heteroatoms. The summed E-state index contributed by atoms with van der Waals surface area (Å²) < 4.78 is 54.3. The molecule has 2 aromatic rings. The molecule has 1 atom stereocenters. The van der Waals surface area contributed by atoms with Crippen molar-refractivity contribution in [1.29, 1.82) is 0 Å². The number of amides is 3. The zero-order valence-corrected chi connectivity index (χ0v) is 20.5. The number of pyridine rings is 1. The lowest BCUT2D eigenvalue weighted by Gasteiger charge is -2.24. The van der Waals surface area contributed by atoms with Crippen molar-refractivity contribution >= 4 is 40.8 Å². The first-order valence-electron chi connectivity index (χ1n) is 11.1. The molecule has 0 bridgehead atoms. The molecule has 3 amide bonds. The van der Waals surface area contributed by atoms with Crippen LogP contribution >= 0.6 is 11.6 Å². The topological polar surface area (TPSA) is 117 Å². The maximum Gasteiger partial charge on any atom is 0.471 e. The average molecular weight is 540 g/mol. The van der Waals surface area contributed by atoms with Crippen LogP contribution in [0.15, 0.2) is 30.0 Å². The van der Waals surface area contributed by atoms with E-state index in [1.807, 2.05) is 0 Å². The van der Waals surface area contributed by atoms with Crippen molar-refractivity contribution < 1.29 is 31.9 Å². The molecule has 0 radical (unpaired) electrons. The van der Waals surface area contributed by atoms with Crippen molar-refractivity contribution in [2.24, 2.45) is 5.73 Å². The second-order valence-corrected chi connectivity index (χ2v) is 9.60.